The lowest BCUT2D eigenvalue weighted by atomic mass is 10.2. The summed E-state index contributed by atoms with van der Waals surface area (Å²) < 4.78 is 10.2. The first kappa shape index (κ1) is 21.7. The van der Waals surface area contributed by atoms with Crippen molar-refractivity contribution in [1.29, 1.82) is 0 Å². The zero-order valence-electron chi connectivity index (χ0n) is 16.1. The Hall–Kier alpha value is -2.61. The van der Waals surface area contributed by atoms with E-state index in [1.165, 1.54) is 32.8 Å². The second-order valence-electron chi connectivity index (χ2n) is 6.07. The van der Waals surface area contributed by atoms with Gasteiger partial charge in [0.25, 0.3) is 5.91 Å². The number of benzene rings is 1. The van der Waals surface area contributed by atoms with E-state index in [1.54, 1.807) is 6.21 Å². The number of thioether (sulfide) groups is 1. The Morgan fingerprint density at radius 1 is 1.18 bits per heavy atom. The van der Waals surface area contributed by atoms with Gasteiger partial charge in [0.05, 0.1) is 24.8 Å². The molecule has 7 nitrogen and oxygen atoms in total. The van der Waals surface area contributed by atoms with Crippen LogP contribution in [0.15, 0.2) is 45.4 Å². The summed E-state index contributed by atoms with van der Waals surface area (Å²) in [5.74, 6) is -0.165. The fraction of sp³-hybridized carbons (Fsp3) is 0.400. The molecule has 0 aliphatic carbocycles. The summed E-state index contributed by atoms with van der Waals surface area (Å²) in [4.78, 5) is 23.1. The molecule has 0 spiro atoms. The predicted molar refractivity (Wildman–Crippen MR) is 112 cm³/mol. The van der Waals surface area contributed by atoms with Gasteiger partial charge >= 0.3 is 5.97 Å². The molecule has 1 aliphatic heterocycles. The van der Waals surface area contributed by atoms with Gasteiger partial charge in [-0.15, -0.1) is 5.10 Å². The maximum Gasteiger partial charge on any atom is 0.331 e. The summed E-state index contributed by atoms with van der Waals surface area (Å²) >= 11 is 1.03. The van der Waals surface area contributed by atoms with Crippen molar-refractivity contribution in [3.8, 4) is 5.75 Å². The van der Waals surface area contributed by atoms with Crippen LogP contribution < -0.4 is 10.1 Å². The lowest BCUT2D eigenvalue weighted by Crippen LogP contribution is -2.19. The largest absolute Gasteiger partial charge is 0.494 e. The fourth-order valence-corrected chi connectivity index (χ4v) is 3.07. The Labute approximate surface area is 169 Å². The molecule has 1 aromatic carbocycles. The van der Waals surface area contributed by atoms with Crippen LogP contribution in [0.5, 0.6) is 5.75 Å². The number of nitrogens with zero attached hydrogens (tertiary/aromatic N) is 2. The Morgan fingerprint density at radius 3 is 2.64 bits per heavy atom. The van der Waals surface area contributed by atoms with Crippen molar-refractivity contribution in [2.75, 3.05) is 13.7 Å². The van der Waals surface area contributed by atoms with Crippen LogP contribution in [0.25, 0.3) is 0 Å². The van der Waals surface area contributed by atoms with Crippen molar-refractivity contribution in [2.24, 2.45) is 10.2 Å². The Bertz CT molecular complexity index is 757. The van der Waals surface area contributed by atoms with Crippen molar-refractivity contribution in [3.63, 3.8) is 0 Å². The van der Waals surface area contributed by atoms with Crippen molar-refractivity contribution < 1.29 is 19.1 Å². The topological polar surface area (TPSA) is 89.4 Å². The average Bonchev–Trinajstić information content (AvgIpc) is 3.04. The third-order valence-electron chi connectivity index (χ3n) is 3.85. The number of carbonyl (C=O) groups is 2. The van der Waals surface area contributed by atoms with Gasteiger partial charge in [0.2, 0.25) is 0 Å². The smallest absolute Gasteiger partial charge is 0.331 e. The molecule has 1 fully saturated rings. The van der Waals surface area contributed by atoms with Crippen LogP contribution in [0.2, 0.25) is 0 Å². The fourth-order valence-electron chi connectivity index (χ4n) is 2.33. The molecule has 28 heavy (non-hydrogen) atoms. The van der Waals surface area contributed by atoms with Gasteiger partial charge in [-0.1, -0.05) is 32.6 Å². The number of methoxy groups -OCH3 is 1. The highest BCUT2D eigenvalue weighted by atomic mass is 32.2. The average molecular weight is 404 g/mol. The zero-order valence-corrected chi connectivity index (χ0v) is 17.0. The summed E-state index contributed by atoms with van der Waals surface area (Å²) in [6, 6.07) is 7.56. The maximum absolute atomic E-state index is 11.7. The van der Waals surface area contributed by atoms with Crippen LogP contribution in [0.1, 0.15) is 44.6 Å². The lowest BCUT2D eigenvalue weighted by molar-refractivity contribution is -0.135. The molecule has 1 N–H and O–H groups in total. The number of esters is 1. The predicted octanol–water partition coefficient (Wildman–Crippen LogP) is 3.65. The van der Waals surface area contributed by atoms with Crippen molar-refractivity contribution >= 4 is 35.0 Å². The zero-order chi connectivity index (χ0) is 20.2. The van der Waals surface area contributed by atoms with Crippen molar-refractivity contribution in [1.82, 2.24) is 5.32 Å². The Kier molecular flexibility index (Phi) is 9.27. The van der Waals surface area contributed by atoms with E-state index < -0.39 is 11.9 Å². The number of carbonyl (C=O) groups excluding carboxylic acids is 2. The van der Waals surface area contributed by atoms with Gasteiger partial charge < -0.3 is 9.47 Å². The second-order valence-corrected chi connectivity index (χ2v) is 7.10. The Balaban J connectivity index is 1.80. The second kappa shape index (κ2) is 12.0. The van der Waals surface area contributed by atoms with Crippen molar-refractivity contribution in [2.45, 2.75) is 39.0 Å². The summed E-state index contributed by atoms with van der Waals surface area (Å²) in [7, 11) is 1.25. The van der Waals surface area contributed by atoms with E-state index in [0.29, 0.717) is 5.17 Å². The summed E-state index contributed by atoms with van der Waals surface area (Å²) in [5.41, 5.74) is 0.860. The molecule has 0 radical (unpaired) electrons. The van der Waals surface area contributed by atoms with Crippen LogP contribution >= 0.6 is 11.8 Å². The SMILES string of the molecule is CCCCCCCOc1ccc(C=N/N=C2/NC(=O)/C(=C\C(=O)OC)S2)cc1. The van der Waals surface area contributed by atoms with Gasteiger partial charge in [-0.05, 0) is 48.0 Å². The van der Waals surface area contributed by atoms with Gasteiger partial charge in [0.15, 0.2) is 5.17 Å². The minimum absolute atomic E-state index is 0.219. The molecule has 0 aromatic heterocycles. The molecule has 1 aromatic rings. The first-order valence-electron chi connectivity index (χ1n) is 9.25. The van der Waals surface area contributed by atoms with Crippen LogP contribution in [-0.4, -0.2) is 37.0 Å². The van der Waals surface area contributed by atoms with E-state index in [4.69, 9.17) is 4.74 Å². The van der Waals surface area contributed by atoms with E-state index in [9.17, 15) is 9.59 Å². The standard InChI is InChI=1S/C20H25N3O4S/c1-3-4-5-6-7-12-27-16-10-8-15(9-11-16)14-21-23-20-22-19(25)17(28-20)13-18(24)26-2/h8-11,13-14H,3-7,12H2,1-2H3,(H,22,23,25)/b17-13+,21-14?. The van der Waals surface area contributed by atoms with E-state index in [2.05, 4.69) is 27.2 Å². The molecule has 1 saturated heterocycles. The molecule has 1 aliphatic rings. The highest BCUT2D eigenvalue weighted by Crippen LogP contribution is 2.23. The third-order valence-corrected chi connectivity index (χ3v) is 4.75. The number of ether oxygens (including phenoxy) is 2. The van der Waals surface area contributed by atoms with Crippen LogP contribution in [0.3, 0.4) is 0 Å². The molecule has 8 heteroatoms. The van der Waals surface area contributed by atoms with E-state index in [0.717, 1.165) is 42.2 Å². The van der Waals surface area contributed by atoms with Gasteiger partial charge in [0.1, 0.15) is 5.75 Å². The summed E-state index contributed by atoms with van der Waals surface area (Å²) in [5, 5.41) is 10.8. The van der Waals surface area contributed by atoms with Gasteiger partial charge in [0, 0.05) is 6.08 Å². The minimum Gasteiger partial charge on any atom is -0.494 e. The number of rotatable bonds is 10. The molecule has 0 atom stereocenters. The summed E-state index contributed by atoms with van der Waals surface area (Å²) in [6.45, 7) is 2.93. The number of amidine groups is 1. The quantitative estimate of drug-likeness (QED) is 0.212. The van der Waals surface area contributed by atoms with E-state index in [-0.39, 0.29) is 4.91 Å². The molecule has 1 amide bonds. The maximum atomic E-state index is 11.7. The highest BCUT2D eigenvalue weighted by molar-refractivity contribution is 8.18. The number of amides is 1. The lowest BCUT2D eigenvalue weighted by Gasteiger charge is -2.06. The van der Waals surface area contributed by atoms with Crippen LogP contribution in [0.4, 0.5) is 0 Å². The van der Waals surface area contributed by atoms with E-state index in [1.807, 2.05) is 24.3 Å². The number of hydrogen-bond acceptors (Lipinski definition) is 7. The Morgan fingerprint density at radius 2 is 1.93 bits per heavy atom. The number of hydrogen-bond donors (Lipinski definition) is 1. The number of unbranched alkanes of at least 4 members (excludes halogenated alkanes) is 4. The highest BCUT2D eigenvalue weighted by Gasteiger charge is 2.24. The van der Waals surface area contributed by atoms with Gasteiger partial charge in [-0.25, -0.2) is 4.79 Å². The molecule has 150 valence electrons. The minimum atomic E-state index is -0.592. The third kappa shape index (κ3) is 7.56. The van der Waals surface area contributed by atoms with Crippen LogP contribution in [-0.2, 0) is 14.3 Å². The first-order chi connectivity index (χ1) is 13.6. The van der Waals surface area contributed by atoms with Crippen LogP contribution in [0, 0.1) is 0 Å². The molecule has 0 unspecified atom stereocenters. The first-order valence-corrected chi connectivity index (χ1v) is 10.1. The molecular weight excluding hydrogens is 378 g/mol. The molecular formula is C20H25N3O4S. The van der Waals surface area contributed by atoms with Gasteiger partial charge in [-0.2, -0.15) is 5.10 Å². The molecule has 0 saturated carbocycles. The molecule has 0 bridgehead atoms. The molecule has 2 rings (SSSR count). The van der Waals surface area contributed by atoms with E-state index >= 15 is 0 Å². The monoisotopic (exact) mass is 403 g/mol. The van der Waals surface area contributed by atoms with Gasteiger partial charge in [-0.3, -0.25) is 10.1 Å². The molecule has 1 heterocycles. The van der Waals surface area contributed by atoms with Crippen molar-refractivity contribution in [3.05, 3.63) is 40.8 Å². The normalized spacial score (nSPS) is 16.7. The number of nitrogens with one attached hydrogen (secondary N) is 1. The summed E-state index contributed by atoms with van der Waals surface area (Å²) in [6.07, 6.45) is 8.75.